The molecule has 12 heteroatoms. The predicted molar refractivity (Wildman–Crippen MR) is 199 cm³/mol. The van der Waals surface area contributed by atoms with Gasteiger partial charge in [0.25, 0.3) is 0 Å². The second-order valence-electron chi connectivity index (χ2n) is 13.4. The Morgan fingerprint density at radius 1 is 0.600 bits per heavy atom. The van der Waals surface area contributed by atoms with Crippen LogP contribution in [0.25, 0.3) is 0 Å². The van der Waals surface area contributed by atoms with Crippen LogP contribution in [-0.4, -0.2) is 59.9 Å². The van der Waals surface area contributed by atoms with Crippen molar-refractivity contribution in [2.75, 3.05) is 19.8 Å². The van der Waals surface area contributed by atoms with Crippen molar-refractivity contribution >= 4 is 25.7 Å². The molecule has 0 aliphatic rings. The summed E-state index contributed by atoms with van der Waals surface area (Å²) in [5, 5.41) is 8.85. The first kappa shape index (κ1) is 48.2. The molecule has 0 aliphatic carbocycles. The van der Waals surface area contributed by atoms with Gasteiger partial charge in [-0.1, -0.05) is 148 Å². The molecule has 50 heavy (non-hydrogen) atoms. The van der Waals surface area contributed by atoms with Gasteiger partial charge < -0.3 is 25.2 Å². The van der Waals surface area contributed by atoms with Crippen LogP contribution in [0.2, 0.25) is 0 Å². The molecule has 0 bridgehead atoms. The number of phosphoric acid groups is 1. The summed E-state index contributed by atoms with van der Waals surface area (Å²) in [6, 6.07) is -1.52. The Labute approximate surface area is 303 Å². The minimum atomic E-state index is -4.71. The van der Waals surface area contributed by atoms with Gasteiger partial charge in [0.15, 0.2) is 6.10 Å². The van der Waals surface area contributed by atoms with Crippen LogP contribution in [0.4, 0.5) is 0 Å². The minimum Gasteiger partial charge on any atom is -0.480 e. The standard InChI is InChI=1S/C38H72NO10P/c1-3-5-7-9-11-13-15-16-17-18-20-21-23-25-27-29-36(40)46-31-34(32-47-50(44,45)48-33-35(39)38(42)43)49-37(41)30-28-26-24-22-19-14-12-10-8-6-4-2/h10,12,34-35H,3-9,11,13-33,39H2,1-2H3,(H,42,43)(H,44,45)/b12-10+/t34-,35+/m1/s1. The maximum atomic E-state index is 12.5. The number of hydrogen-bond acceptors (Lipinski definition) is 9. The normalized spacial score (nSPS) is 14.0. The molecule has 294 valence electrons. The number of phosphoric ester groups is 1. The number of rotatable bonds is 37. The fourth-order valence-electron chi connectivity index (χ4n) is 5.34. The van der Waals surface area contributed by atoms with Crippen LogP contribution in [0.15, 0.2) is 12.2 Å². The molecule has 0 aromatic heterocycles. The topological polar surface area (TPSA) is 172 Å². The van der Waals surface area contributed by atoms with Crippen LogP contribution in [0, 0.1) is 0 Å². The zero-order chi connectivity index (χ0) is 37.1. The van der Waals surface area contributed by atoms with Crippen molar-refractivity contribution in [3.05, 3.63) is 12.2 Å². The first-order chi connectivity index (χ1) is 24.1. The van der Waals surface area contributed by atoms with E-state index in [-0.39, 0.29) is 19.4 Å². The van der Waals surface area contributed by atoms with Gasteiger partial charge in [-0.05, 0) is 32.1 Å². The summed E-state index contributed by atoms with van der Waals surface area (Å²) < 4.78 is 32.5. The first-order valence-electron chi connectivity index (χ1n) is 19.7. The summed E-state index contributed by atoms with van der Waals surface area (Å²) in [6.07, 6.45) is 31.4. The van der Waals surface area contributed by atoms with Crippen LogP contribution in [0.1, 0.15) is 181 Å². The van der Waals surface area contributed by atoms with Crippen molar-refractivity contribution in [1.29, 1.82) is 0 Å². The minimum absolute atomic E-state index is 0.154. The van der Waals surface area contributed by atoms with E-state index in [1.807, 2.05) is 0 Å². The lowest BCUT2D eigenvalue weighted by Gasteiger charge is -2.20. The molecule has 3 atom stereocenters. The molecule has 0 amide bonds. The fraction of sp³-hybridized carbons (Fsp3) is 0.868. The van der Waals surface area contributed by atoms with Gasteiger partial charge in [0.2, 0.25) is 0 Å². The van der Waals surface area contributed by atoms with E-state index >= 15 is 0 Å². The summed E-state index contributed by atoms with van der Waals surface area (Å²) in [5.41, 5.74) is 5.31. The number of aliphatic carboxylic acids is 1. The number of carbonyl (C=O) groups excluding carboxylic acids is 2. The van der Waals surface area contributed by atoms with Crippen LogP contribution in [0.5, 0.6) is 0 Å². The number of carbonyl (C=O) groups is 3. The summed E-state index contributed by atoms with van der Waals surface area (Å²) in [5.74, 6) is -2.38. The van der Waals surface area contributed by atoms with Gasteiger partial charge in [-0.3, -0.25) is 23.4 Å². The van der Waals surface area contributed by atoms with Crippen molar-refractivity contribution < 1.29 is 47.5 Å². The molecular weight excluding hydrogens is 661 g/mol. The van der Waals surface area contributed by atoms with Gasteiger partial charge in [-0.15, -0.1) is 0 Å². The molecule has 0 fully saturated rings. The summed E-state index contributed by atoms with van der Waals surface area (Å²) in [6.45, 7) is 2.75. The Morgan fingerprint density at radius 2 is 1.02 bits per heavy atom. The zero-order valence-electron chi connectivity index (χ0n) is 31.5. The number of carboxylic acids is 1. The fourth-order valence-corrected chi connectivity index (χ4v) is 6.12. The van der Waals surface area contributed by atoms with Crippen molar-refractivity contribution in [3.8, 4) is 0 Å². The Bertz CT molecular complexity index is 916. The molecular formula is C38H72NO10P. The lowest BCUT2D eigenvalue weighted by molar-refractivity contribution is -0.161. The van der Waals surface area contributed by atoms with E-state index in [4.69, 9.17) is 24.8 Å². The molecule has 0 saturated heterocycles. The summed E-state index contributed by atoms with van der Waals surface area (Å²) in [4.78, 5) is 45.7. The smallest absolute Gasteiger partial charge is 0.472 e. The first-order valence-corrected chi connectivity index (χ1v) is 21.2. The van der Waals surface area contributed by atoms with Gasteiger partial charge >= 0.3 is 25.7 Å². The molecule has 0 aromatic carbocycles. The van der Waals surface area contributed by atoms with Gasteiger partial charge in [0.05, 0.1) is 13.2 Å². The van der Waals surface area contributed by atoms with E-state index in [1.165, 1.54) is 83.5 Å². The molecule has 11 nitrogen and oxygen atoms in total. The Kier molecular flexibility index (Phi) is 33.1. The lowest BCUT2D eigenvalue weighted by atomic mass is 10.0. The Morgan fingerprint density at radius 3 is 1.52 bits per heavy atom. The maximum absolute atomic E-state index is 12.5. The summed E-state index contributed by atoms with van der Waals surface area (Å²) in [7, 11) is -4.71. The zero-order valence-corrected chi connectivity index (χ0v) is 32.4. The van der Waals surface area contributed by atoms with Gasteiger partial charge in [0.1, 0.15) is 12.6 Å². The maximum Gasteiger partial charge on any atom is 0.472 e. The monoisotopic (exact) mass is 733 g/mol. The average Bonchev–Trinajstić information content (AvgIpc) is 3.09. The predicted octanol–water partition coefficient (Wildman–Crippen LogP) is 9.73. The quantitative estimate of drug-likeness (QED) is 0.0240. The largest absolute Gasteiger partial charge is 0.480 e. The van der Waals surface area contributed by atoms with Crippen molar-refractivity contribution in [2.24, 2.45) is 5.73 Å². The van der Waals surface area contributed by atoms with Crippen LogP contribution < -0.4 is 5.73 Å². The molecule has 0 rings (SSSR count). The number of allylic oxidation sites excluding steroid dienone is 2. The number of nitrogens with two attached hydrogens (primary N) is 1. The van der Waals surface area contributed by atoms with Gasteiger partial charge in [0, 0.05) is 12.8 Å². The number of hydrogen-bond donors (Lipinski definition) is 3. The van der Waals surface area contributed by atoms with E-state index < -0.39 is 51.1 Å². The van der Waals surface area contributed by atoms with E-state index in [0.29, 0.717) is 12.8 Å². The molecule has 0 saturated carbocycles. The van der Waals surface area contributed by atoms with E-state index in [2.05, 4.69) is 30.5 Å². The average molecular weight is 734 g/mol. The third-order valence-electron chi connectivity index (χ3n) is 8.51. The van der Waals surface area contributed by atoms with Crippen LogP contribution in [-0.2, 0) is 37.5 Å². The van der Waals surface area contributed by atoms with Gasteiger partial charge in [-0.25, -0.2) is 4.57 Å². The van der Waals surface area contributed by atoms with E-state index in [9.17, 15) is 23.8 Å². The SMILES string of the molecule is CCCC/C=C/CCCCCCCC(=O)O[C@H](COC(=O)CCCCCCCCCCCCCCCCC)COP(=O)(O)OC[C@H](N)C(=O)O. The third kappa shape index (κ3) is 33.4. The molecule has 4 N–H and O–H groups in total. The second-order valence-corrected chi connectivity index (χ2v) is 14.9. The molecule has 0 heterocycles. The number of carboxylic acid groups (broad SMARTS) is 1. The number of unbranched alkanes of at least 4 members (excludes halogenated alkanes) is 21. The highest BCUT2D eigenvalue weighted by Crippen LogP contribution is 2.43. The highest BCUT2D eigenvalue weighted by molar-refractivity contribution is 7.47. The number of esters is 2. The van der Waals surface area contributed by atoms with Crippen molar-refractivity contribution in [3.63, 3.8) is 0 Å². The lowest BCUT2D eigenvalue weighted by Crippen LogP contribution is -2.34. The Hall–Kier alpha value is -1.78. The summed E-state index contributed by atoms with van der Waals surface area (Å²) >= 11 is 0. The second kappa shape index (κ2) is 34.3. The number of ether oxygens (including phenoxy) is 2. The molecule has 0 aromatic rings. The third-order valence-corrected chi connectivity index (χ3v) is 9.46. The van der Waals surface area contributed by atoms with Crippen LogP contribution in [0.3, 0.4) is 0 Å². The highest BCUT2D eigenvalue weighted by atomic mass is 31.2. The molecule has 0 radical (unpaired) electrons. The van der Waals surface area contributed by atoms with Crippen LogP contribution >= 0.6 is 7.82 Å². The van der Waals surface area contributed by atoms with E-state index in [1.54, 1.807) is 0 Å². The molecule has 1 unspecified atom stereocenters. The van der Waals surface area contributed by atoms with E-state index in [0.717, 1.165) is 57.8 Å². The van der Waals surface area contributed by atoms with Crippen molar-refractivity contribution in [2.45, 2.75) is 193 Å². The molecule has 0 aliphatic heterocycles. The van der Waals surface area contributed by atoms with Gasteiger partial charge in [-0.2, -0.15) is 0 Å². The highest BCUT2D eigenvalue weighted by Gasteiger charge is 2.28. The Balaban J connectivity index is 4.38. The van der Waals surface area contributed by atoms with Crippen molar-refractivity contribution in [1.82, 2.24) is 0 Å². The molecule has 0 spiro atoms.